The van der Waals surface area contributed by atoms with Gasteiger partial charge in [0, 0.05) is 36.8 Å². The van der Waals surface area contributed by atoms with E-state index < -0.39 is 15.7 Å². The summed E-state index contributed by atoms with van der Waals surface area (Å²) >= 11 is 0.938. The van der Waals surface area contributed by atoms with Gasteiger partial charge in [-0.1, -0.05) is 10.6 Å². The third-order valence-corrected chi connectivity index (χ3v) is 7.27. The Morgan fingerprint density at radius 2 is 2.17 bits per heavy atom. The maximum atomic E-state index is 12.0. The molecule has 1 fully saturated rings. The van der Waals surface area contributed by atoms with Gasteiger partial charge in [-0.25, -0.2) is 8.42 Å². The van der Waals surface area contributed by atoms with E-state index in [1.54, 1.807) is 6.07 Å². The Hall–Kier alpha value is -2.24. The van der Waals surface area contributed by atoms with Gasteiger partial charge in [-0.05, 0) is 37.1 Å². The molecule has 0 unspecified atom stereocenters. The van der Waals surface area contributed by atoms with E-state index in [4.69, 9.17) is 15.2 Å². The number of rotatable bonds is 8. The summed E-state index contributed by atoms with van der Waals surface area (Å²) in [6, 6.07) is 5.53. The van der Waals surface area contributed by atoms with Crippen LogP contribution in [0.15, 0.2) is 22.4 Å². The van der Waals surface area contributed by atoms with E-state index >= 15 is 0 Å². The van der Waals surface area contributed by atoms with E-state index in [1.807, 2.05) is 12.1 Å². The molecule has 0 radical (unpaired) electrons. The Kier molecular flexibility index (Phi) is 6.70. The number of amides is 1. The molecule has 0 spiro atoms. The van der Waals surface area contributed by atoms with Crippen LogP contribution in [0.5, 0.6) is 11.5 Å². The van der Waals surface area contributed by atoms with Gasteiger partial charge in [0.2, 0.25) is 0 Å². The number of nitrogens with zero attached hydrogens (tertiary/aromatic N) is 3. The van der Waals surface area contributed by atoms with E-state index in [9.17, 15) is 13.2 Å². The third-order valence-electron chi connectivity index (χ3n) is 4.71. The number of ether oxygens (including phenoxy) is 2. The van der Waals surface area contributed by atoms with Crippen molar-refractivity contribution >= 4 is 27.3 Å². The summed E-state index contributed by atoms with van der Waals surface area (Å²) in [6.07, 6.45) is 3.02. The number of hydrogen-bond acceptors (Lipinski definition) is 9. The number of hydrogen-bond donors (Lipinski definition) is 1. The Bertz CT molecular complexity index is 976. The first kappa shape index (κ1) is 21.5. The molecule has 1 atom stereocenters. The van der Waals surface area contributed by atoms with Crippen LogP contribution in [0.3, 0.4) is 0 Å². The minimum Gasteiger partial charge on any atom is -0.493 e. The van der Waals surface area contributed by atoms with Crippen molar-refractivity contribution in [2.24, 2.45) is 5.73 Å². The zero-order valence-corrected chi connectivity index (χ0v) is 18.0. The monoisotopic (exact) mass is 440 g/mol. The largest absolute Gasteiger partial charge is 0.493 e. The molecular formula is C18H24N4O5S2. The lowest BCUT2D eigenvalue weighted by molar-refractivity contribution is -0.119. The molecule has 0 aliphatic carbocycles. The Labute approximate surface area is 173 Å². The predicted molar refractivity (Wildman–Crippen MR) is 108 cm³/mol. The number of benzene rings is 1. The number of methoxy groups -OCH3 is 1. The van der Waals surface area contributed by atoms with Gasteiger partial charge >= 0.3 is 0 Å². The summed E-state index contributed by atoms with van der Waals surface area (Å²) in [5.41, 5.74) is 6.72. The maximum absolute atomic E-state index is 12.0. The highest BCUT2D eigenvalue weighted by Crippen LogP contribution is 2.33. The zero-order chi connectivity index (χ0) is 21.0. The topological polar surface area (TPSA) is 125 Å². The van der Waals surface area contributed by atoms with Crippen molar-refractivity contribution in [3.63, 3.8) is 0 Å². The van der Waals surface area contributed by atoms with Gasteiger partial charge in [0.1, 0.15) is 0 Å². The second-order valence-corrected chi connectivity index (χ2v) is 10.00. The van der Waals surface area contributed by atoms with Crippen LogP contribution in [-0.2, 0) is 21.2 Å². The Morgan fingerprint density at radius 3 is 2.86 bits per heavy atom. The lowest BCUT2D eigenvalue weighted by Gasteiger charge is -2.32. The van der Waals surface area contributed by atoms with Crippen molar-refractivity contribution < 1.29 is 22.7 Å². The molecule has 1 aromatic carbocycles. The maximum Gasteiger partial charge on any atom is 0.255 e. The van der Waals surface area contributed by atoms with Crippen LogP contribution >= 0.6 is 11.5 Å². The van der Waals surface area contributed by atoms with Crippen LogP contribution in [0.1, 0.15) is 30.0 Å². The molecule has 2 heterocycles. The highest BCUT2D eigenvalue weighted by atomic mass is 32.2. The molecule has 1 amide bonds. The van der Waals surface area contributed by atoms with Crippen molar-refractivity contribution in [1.29, 1.82) is 0 Å². The zero-order valence-electron chi connectivity index (χ0n) is 16.3. The van der Waals surface area contributed by atoms with Crippen molar-refractivity contribution in [2.45, 2.75) is 29.5 Å². The number of aromatic nitrogens is 2. The van der Waals surface area contributed by atoms with E-state index in [2.05, 4.69) is 14.5 Å². The molecule has 29 heavy (non-hydrogen) atoms. The molecule has 0 saturated carbocycles. The van der Waals surface area contributed by atoms with Crippen molar-refractivity contribution in [3.05, 3.63) is 29.5 Å². The summed E-state index contributed by atoms with van der Waals surface area (Å²) in [4.78, 5) is 13.2. The van der Waals surface area contributed by atoms with Crippen LogP contribution in [-0.4, -0.2) is 61.9 Å². The summed E-state index contributed by atoms with van der Waals surface area (Å²) < 4.78 is 38.8. The molecule has 3 rings (SSSR count). The average Bonchev–Trinajstić information content (AvgIpc) is 3.17. The van der Waals surface area contributed by atoms with Gasteiger partial charge in [0.05, 0.1) is 12.8 Å². The molecule has 0 bridgehead atoms. The fourth-order valence-corrected chi connectivity index (χ4v) is 5.19. The standard InChI is InChI=1S/C18H24N4O5S2/c1-26-15-8-12(5-6-14(15)27-11-16(19)23)9-22-7-3-4-13(10-22)17-18(28-21-20-17)29(2,24)25/h5-6,8,13H,3-4,7,9-11H2,1-2H3,(H2,19,23)/t13-/m0/s1. The van der Waals surface area contributed by atoms with Gasteiger partial charge < -0.3 is 15.2 Å². The van der Waals surface area contributed by atoms with Crippen LogP contribution in [0.25, 0.3) is 0 Å². The number of carbonyl (C=O) groups is 1. The van der Waals surface area contributed by atoms with Crippen LogP contribution < -0.4 is 15.2 Å². The molecule has 1 aromatic heterocycles. The van der Waals surface area contributed by atoms with Gasteiger partial charge in [0.15, 0.2) is 32.2 Å². The van der Waals surface area contributed by atoms with E-state index in [-0.39, 0.29) is 16.7 Å². The van der Waals surface area contributed by atoms with Gasteiger partial charge in [-0.2, -0.15) is 0 Å². The molecule has 1 aliphatic heterocycles. The molecule has 9 nitrogen and oxygen atoms in total. The predicted octanol–water partition coefficient (Wildman–Crippen LogP) is 1.19. The summed E-state index contributed by atoms with van der Waals surface area (Å²) in [5, 5.41) is 4.11. The van der Waals surface area contributed by atoms with Gasteiger partial charge in [-0.15, -0.1) is 5.10 Å². The fourth-order valence-electron chi connectivity index (χ4n) is 3.45. The molecular weight excluding hydrogens is 416 g/mol. The minimum absolute atomic E-state index is 0.0345. The SMILES string of the molecule is COc1cc(CN2CCC[C@H](c3nnsc3S(C)(=O)=O)C2)ccc1OCC(N)=O. The normalized spacial score (nSPS) is 17.8. The third kappa shape index (κ3) is 5.43. The molecule has 2 N–H and O–H groups in total. The number of sulfone groups is 1. The van der Waals surface area contributed by atoms with Crippen LogP contribution in [0.2, 0.25) is 0 Å². The highest BCUT2D eigenvalue weighted by Gasteiger charge is 2.29. The number of primary amides is 1. The Balaban J connectivity index is 1.71. The quantitative estimate of drug-likeness (QED) is 0.649. The first-order valence-corrected chi connectivity index (χ1v) is 11.8. The minimum atomic E-state index is -3.33. The fraction of sp³-hybridized carbons (Fsp3) is 0.500. The number of likely N-dealkylation sites (tertiary alicyclic amines) is 1. The smallest absolute Gasteiger partial charge is 0.255 e. The molecule has 158 valence electrons. The molecule has 1 saturated heterocycles. The van der Waals surface area contributed by atoms with Crippen molar-refractivity contribution in [2.75, 3.05) is 33.1 Å². The molecule has 2 aromatic rings. The second kappa shape index (κ2) is 9.06. The van der Waals surface area contributed by atoms with Crippen LogP contribution in [0.4, 0.5) is 0 Å². The summed E-state index contributed by atoms with van der Waals surface area (Å²) in [7, 11) is -1.79. The first-order chi connectivity index (χ1) is 13.8. The average molecular weight is 441 g/mol. The van der Waals surface area contributed by atoms with Gasteiger partial charge in [-0.3, -0.25) is 9.69 Å². The van der Waals surface area contributed by atoms with E-state index in [0.29, 0.717) is 30.3 Å². The van der Waals surface area contributed by atoms with Crippen molar-refractivity contribution in [1.82, 2.24) is 14.5 Å². The lowest BCUT2D eigenvalue weighted by atomic mass is 9.95. The van der Waals surface area contributed by atoms with Crippen molar-refractivity contribution in [3.8, 4) is 11.5 Å². The molecule has 11 heteroatoms. The Morgan fingerprint density at radius 1 is 1.38 bits per heavy atom. The summed E-state index contributed by atoms with van der Waals surface area (Å²) in [6.45, 7) is 2.07. The van der Waals surface area contributed by atoms with E-state index in [1.165, 1.54) is 13.4 Å². The number of carbonyl (C=O) groups excluding carboxylic acids is 1. The highest BCUT2D eigenvalue weighted by molar-refractivity contribution is 7.92. The number of piperidine rings is 1. The lowest BCUT2D eigenvalue weighted by Crippen LogP contribution is -2.34. The molecule has 1 aliphatic rings. The summed E-state index contributed by atoms with van der Waals surface area (Å²) in [5.74, 6) is 0.464. The number of nitrogens with two attached hydrogens (primary N) is 1. The van der Waals surface area contributed by atoms with E-state index in [0.717, 1.165) is 36.5 Å². The van der Waals surface area contributed by atoms with Gasteiger partial charge in [0.25, 0.3) is 5.91 Å². The van der Waals surface area contributed by atoms with Crippen LogP contribution in [0, 0.1) is 0 Å². The second-order valence-electron chi connectivity index (χ2n) is 7.03. The first-order valence-electron chi connectivity index (χ1n) is 9.10.